The van der Waals surface area contributed by atoms with E-state index >= 15 is 0 Å². The number of hydrogen-bond donors (Lipinski definition) is 1. The van der Waals surface area contributed by atoms with E-state index in [1.165, 1.54) is 5.69 Å². The van der Waals surface area contributed by atoms with Crippen LogP contribution < -0.4 is 15.0 Å². The fourth-order valence-corrected chi connectivity index (χ4v) is 3.87. The summed E-state index contributed by atoms with van der Waals surface area (Å²) in [5, 5.41) is 3.42. The summed E-state index contributed by atoms with van der Waals surface area (Å²) in [6, 6.07) is 15.5. The van der Waals surface area contributed by atoms with Crippen molar-refractivity contribution in [2.45, 2.75) is 6.42 Å². The standard InChI is InChI=1S/C23H24ClN3O3/c24-19-6-7-21-17(15-19)14-18(16-30-21)23(29)25-9-8-22(28)27-12-10-26(11-13-27)20-4-2-1-3-5-20/h1-7,14-15H,8-13,16H2,(H,25,29). The van der Waals surface area contributed by atoms with E-state index in [9.17, 15) is 9.59 Å². The SMILES string of the molecule is O=C(NCCC(=O)N1CCN(c2ccccc2)CC1)C1=Cc2cc(Cl)ccc2OC1. The Hall–Kier alpha value is -2.99. The molecule has 7 heteroatoms. The average molecular weight is 426 g/mol. The number of halogens is 1. The van der Waals surface area contributed by atoms with Crippen LogP contribution in [-0.2, 0) is 9.59 Å². The molecule has 2 aliphatic rings. The lowest BCUT2D eigenvalue weighted by atomic mass is 10.1. The van der Waals surface area contributed by atoms with E-state index in [0.717, 1.165) is 18.7 Å². The molecule has 0 aromatic heterocycles. The highest BCUT2D eigenvalue weighted by molar-refractivity contribution is 6.30. The third kappa shape index (κ3) is 4.76. The molecule has 156 valence electrons. The molecule has 0 radical (unpaired) electrons. The minimum atomic E-state index is -0.220. The number of benzene rings is 2. The number of carbonyl (C=O) groups is 2. The first kappa shape index (κ1) is 20.3. The Morgan fingerprint density at radius 2 is 1.80 bits per heavy atom. The largest absolute Gasteiger partial charge is 0.488 e. The number of amides is 2. The lowest BCUT2D eigenvalue weighted by Gasteiger charge is -2.36. The number of hydrogen-bond acceptors (Lipinski definition) is 4. The zero-order valence-electron chi connectivity index (χ0n) is 16.6. The Balaban J connectivity index is 1.23. The van der Waals surface area contributed by atoms with Crippen LogP contribution in [0.3, 0.4) is 0 Å². The summed E-state index contributed by atoms with van der Waals surface area (Å²) >= 11 is 6.01. The van der Waals surface area contributed by atoms with Crippen LogP contribution in [0.2, 0.25) is 5.02 Å². The summed E-state index contributed by atoms with van der Waals surface area (Å²) in [6.45, 7) is 3.52. The maximum atomic E-state index is 12.5. The molecule has 0 atom stereocenters. The van der Waals surface area contributed by atoms with Crippen molar-refractivity contribution in [2.75, 3.05) is 44.2 Å². The molecule has 0 bridgehead atoms. The molecule has 1 saturated heterocycles. The van der Waals surface area contributed by atoms with E-state index < -0.39 is 0 Å². The lowest BCUT2D eigenvalue weighted by Crippen LogP contribution is -2.49. The molecule has 0 unspecified atom stereocenters. The summed E-state index contributed by atoms with van der Waals surface area (Å²) in [5.74, 6) is 0.553. The zero-order valence-corrected chi connectivity index (χ0v) is 17.4. The normalized spacial score (nSPS) is 15.7. The maximum Gasteiger partial charge on any atom is 0.250 e. The number of fused-ring (bicyclic) bond motifs is 1. The number of rotatable bonds is 5. The van der Waals surface area contributed by atoms with Gasteiger partial charge in [0, 0.05) is 55.4 Å². The van der Waals surface area contributed by atoms with E-state index in [2.05, 4.69) is 22.3 Å². The van der Waals surface area contributed by atoms with Crippen LogP contribution >= 0.6 is 11.6 Å². The van der Waals surface area contributed by atoms with Crippen LogP contribution in [0.1, 0.15) is 12.0 Å². The third-order valence-corrected chi connectivity index (χ3v) is 5.59. The Labute approximate surface area is 181 Å². The molecule has 6 nitrogen and oxygen atoms in total. The molecule has 2 aliphatic heterocycles. The molecule has 0 saturated carbocycles. The highest BCUT2D eigenvalue weighted by Crippen LogP contribution is 2.28. The van der Waals surface area contributed by atoms with Gasteiger partial charge >= 0.3 is 0 Å². The van der Waals surface area contributed by atoms with Gasteiger partial charge in [-0.05, 0) is 36.4 Å². The number of carbonyl (C=O) groups excluding carboxylic acids is 2. The first-order chi connectivity index (χ1) is 14.6. The quantitative estimate of drug-likeness (QED) is 0.800. The van der Waals surface area contributed by atoms with Crippen molar-refractivity contribution in [3.63, 3.8) is 0 Å². The molecule has 0 spiro atoms. The Kier molecular flexibility index (Phi) is 6.23. The van der Waals surface area contributed by atoms with E-state index in [1.807, 2.05) is 23.1 Å². The molecule has 0 aliphatic carbocycles. The van der Waals surface area contributed by atoms with E-state index in [4.69, 9.17) is 16.3 Å². The van der Waals surface area contributed by atoms with Gasteiger partial charge < -0.3 is 19.9 Å². The predicted octanol–water partition coefficient (Wildman–Crippen LogP) is 2.97. The van der Waals surface area contributed by atoms with Gasteiger partial charge in [0.1, 0.15) is 12.4 Å². The number of nitrogens with one attached hydrogen (secondary N) is 1. The summed E-state index contributed by atoms with van der Waals surface area (Å²) < 4.78 is 5.61. The Bertz CT molecular complexity index is 953. The average Bonchev–Trinajstić information content (AvgIpc) is 2.79. The predicted molar refractivity (Wildman–Crippen MR) is 118 cm³/mol. The minimum Gasteiger partial charge on any atom is -0.488 e. The summed E-state index contributed by atoms with van der Waals surface area (Å²) in [6.07, 6.45) is 2.07. The van der Waals surface area contributed by atoms with Gasteiger partial charge in [-0.15, -0.1) is 0 Å². The second-order valence-electron chi connectivity index (χ2n) is 7.35. The highest BCUT2D eigenvalue weighted by atomic mass is 35.5. The number of anilines is 1. The maximum absolute atomic E-state index is 12.5. The first-order valence-electron chi connectivity index (χ1n) is 10.1. The Morgan fingerprint density at radius 3 is 2.57 bits per heavy atom. The number of para-hydroxylation sites is 1. The highest BCUT2D eigenvalue weighted by Gasteiger charge is 2.22. The van der Waals surface area contributed by atoms with Gasteiger partial charge in [-0.25, -0.2) is 0 Å². The smallest absolute Gasteiger partial charge is 0.250 e. The number of piperazine rings is 1. The fourth-order valence-electron chi connectivity index (χ4n) is 3.69. The molecule has 1 N–H and O–H groups in total. The van der Waals surface area contributed by atoms with Gasteiger partial charge in [-0.2, -0.15) is 0 Å². The zero-order chi connectivity index (χ0) is 20.9. The molecule has 1 fully saturated rings. The monoisotopic (exact) mass is 425 g/mol. The van der Waals surface area contributed by atoms with Gasteiger partial charge in [0.05, 0.1) is 5.57 Å². The summed E-state index contributed by atoms with van der Waals surface area (Å²) in [7, 11) is 0. The van der Waals surface area contributed by atoms with Crippen molar-refractivity contribution < 1.29 is 14.3 Å². The fraction of sp³-hybridized carbons (Fsp3) is 0.304. The molecule has 30 heavy (non-hydrogen) atoms. The molecular weight excluding hydrogens is 402 g/mol. The van der Waals surface area contributed by atoms with Gasteiger partial charge in [-0.3, -0.25) is 9.59 Å². The molecule has 4 rings (SSSR count). The first-order valence-corrected chi connectivity index (χ1v) is 10.5. The van der Waals surface area contributed by atoms with Crippen molar-refractivity contribution >= 4 is 35.2 Å². The molecule has 2 aromatic rings. The number of nitrogens with zero attached hydrogens (tertiary/aromatic N) is 2. The van der Waals surface area contributed by atoms with Gasteiger partial charge in [0.2, 0.25) is 5.91 Å². The van der Waals surface area contributed by atoms with Crippen molar-refractivity contribution in [1.29, 1.82) is 0 Å². The molecular formula is C23H24ClN3O3. The van der Waals surface area contributed by atoms with Crippen molar-refractivity contribution in [3.8, 4) is 5.75 Å². The van der Waals surface area contributed by atoms with Crippen molar-refractivity contribution in [3.05, 3.63) is 64.7 Å². The second-order valence-corrected chi connectivity index (χ2v) is 7.79. The Morgan fingerprint density at radius 1 is 1.03 bits per heavy atom. The molecule has 2 aromatic carbocycles. The van der Waals surface area contributed by atoms with Crippen molar-refractivity contribution in [2.24, 2.45) is 0 Å². The van der Waals surface area contributed by atoms with E-state index in [1.54, 1.807) is 24.3 Å². The van der Waals surface area contributed by atoms with Gasteiger partial charge in [0.15, 0.2) is 0 Å². The van der Waals surface area contributed by atoms with Crippen LogP contribution in [0.25, 0.3) is 6.08 Å². The summed E-state index contributed by atoms with van der Waals surface area (Å²) in [4.78, 5) is 29.1. The third-order valence-electron chi connectivity index (χ3n) is 5.35. The van der Waals surface area contributed by atoms with Gasteiger partial charge in [0.25, 0.3) is 5.91 Å². The second kappa shape index (κ2) is 9.22. The van der Waals surface area contributed by atoms with E-state index in [-0.39, 0.29) is 24.8 Å². The number of ether oxygens (including phenoxy) is 1. The van der Waals surface area contributed by atoms with Crippen molar-refractivity contribution in [1.82, 2.24) is 10.2 Å². The topological polar surface area (TPSA) is 61.9 Å². The molecule has 2 amide bonds. The van der Waals surface area contributed by atoms with Crippen LogP contribution in [0.5, 0.6) is 5.75 Å². The summed E-state index contributed by atoms with van der Waals surface area (Å²) in [5.41, 5.74) is 2.49. The van der Waals surface area contributed by atoms with Crippen LogP contribution in [-0.4, -0.2) is 56.0 Å². The minimum absolute atomic E-state index is 0.0639. The lowest BCUT2D eigenvalue weighted by molar-refractivity contribution is -0.131. The van der Waals surface area contributed by atoms with Crippen LogP contribution in [0, 0.1) is 0 Å². The van der Waals surface area contributed by atoms with E-state index in [0.29, 0.717) is 36.0 Å². The van der Waals surface area contributed by atoms with Crippen LogP contribution in [0.15, 0.2) is 54.1 Å². The van der Waals surface area contributed by atoms with Crippen LogP contribution in [0.4, 0.5) is 5.69 Å². The van der Waals surface area contributed by atoms with Gasteiger partial charge in [-0.1, -0.05) is 29.8 Å². The molecule has 2 heterocycles.